The van der Waals surface area contributed by atoms with Crippen LogP contribution in [0.25, 0.3) is 0 Å². The summed E-state index contributed by atoms with van der Waals surface area (Å²) in [5.74, 6) is -0.155. The molecule has 0 heterocycles. The van der Waals surface area contributed by atoms with Crippen molar-refractivity contribution in [1.29, 1.82) is 0 Å². The number of rotatable bonds is 4. The van der Waals surface area contributed by atoms with Crippen molar-refractivity contribution in [2.45, 2.75) is 11.3 Å². The van der Waals surface area contributed by atoms with Gasteiger partial charge in [0.2, 0.25) is 0 Å². The third-order valence-electron chi connectivity index (χ3n) is 1.88. The van der Waals surface area contributed by atoms with Crippen LogP contribution in [0.5, 0.6) is 0 Å². The molecule has 0 atom stereocenters. The fourth-order valence-corrected chi connectivity index (χ4v) is 3.25. The van der Waals surface area contributed by atoms with E-state index in [1.54, 1.807) is 6.07 Å². The Morgan fingerprint density at radius 1 is 1.40 bits per heavy atom. The van der Waals surface area contributed by atoms with E-state index in [2.05, 4.69) is 0 Å². The molecule has 0 aliphatic rings. The van der Waals surface area contributed by atoms with E-state index in [4.69, 9.17) is 22.4 Å². The molecule has 1 aromatic carbocycles. The van der Waals surface area contributed by atoms with Crippen LogP contribution >= 0.6 is 11.6 Å². The second-order valence-electron chi connectivity index (χ2n) is 3.05. The number of aliphatic hydroxyl groups excluding tert-OH is 1. The van der Waals surface area contributed by atoms with Gasteiger partial charge in [-0.25, -0.2) is 8.42 Å². The van der Waals surface area contributed by atoms with Gasteiger partial charge in [0.25, 0.3) is 0 Å². The normalized spacial score (nSPS) is 11.6. The van der Waals surface area contributed by atoms with Crippen LogP contribution in [-0.2, 0) is 9.84 Å². The first-order valence-corrected chi connectivity index (χ1v) is 6.39. The minimum absolute atomic E-state index is 0.0416. The number of nitrogens with two attached hydrogens (primary N) is 1. The van der Waals surface area contributed by atoms with Crippen molar-refractivity contribution in [3.05, 3.63) is 23.2 Å². The summed E-state index contributed by atoms with van der Waals surface area (Å²) in [5, 5.41) is 8.70. The first-order valence-electron chi connectivity index (χ1n) is 4.36. The summed E-state index contributed by atoms with van der Waals surface area (Å²) in [6.07, 6.45) is 0.174. The largest absolute Gasteiger partial charge is 0.398 e. The number of halogens is 1. The molecule has 0 saturated carbocycles. The summed E-state index contributed by atoms with van der Waals surface area (Å²) in [6.45, 7) is -0.177. The molecule has 0 aliphatic carbocycles. The quantitative estimate of drug-likeness (QED) is 0.783. The van der Waals surface area contributed by atoms with E-state index in [0.29, 0.717) is 0 Å². The maximum absolute atomic E-state index is 11.8. The van der Waals surface area contributed by atoms with Crippen molar-refractivity contribution < 1.29 is 13.5 Å². The van der Waals surface area contributed by atoms with Gasteiger partial charge in [0.05, 0.1) is 16.5 Å². The second-order valence-corrected chi connectivity index (χ2v) is 5.51. The highest BCUT2D eigenvalue weighted by Crippen LogP contribution is 2.28. The molecule has 0 aromatic heterocycles. The van der Waals surface area contributed by atoms with Crippen LogP contribution in [-0.4, -0.2) is 25.9 Å². The molecule has 0 spiro atoms. The second kappa shape index (κ2) is 4.83. The maximum atomic E-state index is 11.8. The molecule has 1 rings (SSSR count). The smallest absolute Gasteiger partial charge is 0.181 e. The molecule has 0 unspecified atom stereocenters. The van der Waals surface area contributed by atoms with Gasteiger partial charge in [0, 0.05) is 6.61 Å². The predicted molar refractivity (Wildman–Crippen MR) is 59.6 cm³/mol. The fourth-order valence-electron chi connectivity index (χ4n) is 1.21. The van der Waals surface area contributed by atoms with Crippen molar-refractivity contribution in [3.8, 4) is 0 Å². The number of nitrogen functional groups attached to an aromatic ring is 1. The number of hydrogen-bond donors (Lipinski definition) is 2. The summed E-state index contributed by atoms with van der Waals surface area (Å²) in [5.41, 5.74) is 5.69. The highest BCUT2D eigenvalue weighted by atomic mass is 35.5. The third kappa shape index (κ3) is 2.84. The molecule has 4 nitrogen and oxygen atoms in total. The topological polar surface area (TPSA) is 80.4 Å². The summed E-state index contributed by atoms with van der Waals surface area (Å²) >= 11 is 5.77. The molecule has 6 heteroatoms. The Hall–Kier alpha value is -0.780. The standard InChI is InChI=1S/C9H12ClNO3S/c10-7-3-1-4-8(11)9(7)15(13,14)6-2-5-12/h1,3-4,12H,2,5-6,11H2. The van der Waals surface area contributed by atoms with Gasteiger partial charge in [-0.3, -0.25) is 0 Å². The Morgan fingerprint density at radius 3 is 2.60 bits per heavy atom. The molecule has 0 fully saturated rings. The van der Waals surface area contributed by atoms with Crippen LogP contribution in [0.2, 0.25) is 5.02 Å². The van der Waals surface area contributed by atoms with Gasteiger partial charge < -0.3 is 10.8 Å². The molecule has 0 bridgehead atoms. The van der Waals surface area contributed by atoms with Gasteiger partial charge in [-0.05, 0) is 18.6 Å². The van der Waals surface area contributed by atoms with Crippen LogP contribution < -0.4 is 5.73 Å². The predicted octanol–water partition coefficient (Wildman–Crippen LogP) is 1.08. The average molecular weight is 250 g/mol. The molecular formula is C9H12ClNO3S. The van der Waals surface area contributed by atoms with E-state index in [9.17, 15) is 8.42 Å². The molecule has 3 N–H and O–H groups in total. The van der Waals surface area contributed by atoms with Crippen LogP contribution in [0, 0.1) is 0 Å². The van der Waals surface area contributed by atoms with Gasteiger partial charge in [0.15, 0.2) is 9.84 Å². The maximum Gasteiger partial charge on any atom is 0.181 e. The van der Waals surface area contributed by atoms with Gasteiger partial charge in [-0.15, -0.1) is 0 Å². The van der Waals surface area contributed by atoms with Crippen molar-refractivity contribution in [2.75, 3.05) is 18.1 Å². The van der Waals surface area contributed by atoms with Crippen molar-refractivity contribution in [3.63, 3.8) is 0 Å². The van der Waals surface area contributed by atoms with E-state index < -0.39 is 9.84 Å². The summed E-state index contributed by atoms with van der Waals surface area (Å²) in [4.78, 5) is -0.0416. The number of sulfone groups is 1. The van der Waals surface area contributed by atoms with Gasteiger partial charge in [-0.1, -0.05) is 17.7 Å². The first kappa shape index (κ1) is 12.3. The van der Waals surface area contributed by atoms with E-state index in [1.165, 1.54) is 12.1 Å². The van der Waals surface area contributed by atoms with E-state index >= 15 is 0 Å². The van der Waals surface area contributed by atoms with Crippen molar-refractivity contribution >= 4 is 27.1 Å². The zero-order valence-corrected chi connectivity index (χ0v) is 9.55. The lowest BCUT2D eigenvalue weighted by atomic mass is 10.3. The summed E-state index contributed by atoms with van der Waals surface area (Å²) < 4.78 is 23.5. The first-order chi connectivity index (χ1) is 6.99. The van der Waals surface area contributed by atoms with E-state index in [-0.39, 0.29) is 34.4 Å². The van der Waals surface area contributed by atoms with Crippen LogP contribution in [0.1, 0.15) is 6.42 Å². The van der Waals surface area contributed by atoms with E-state index in [0.717, 1.165) is 0 Å². The van der Waals surface area contributed by atoms with Crippen LogP contribution in [0.4, 0.5) is 5.69 Å². The lowest BCUT2D eigenvalue weighted by molar-refractivity contribution is 0.295. The Labute approximate surface area is 93.6 Å². The van der Waals surface area contributed by atoms with Crippen LogP contribution in [0.15, 0.2) is 23.1 Å². The number of hydrogen-bond acceptors (Lipinski definition) is 4. The highest BCUT2D eigenvalue weighted by Gasteiger charge is 2.20. The molecule has 0 radical (unpaired) electrons. The lowest BCUT2D eigenvalue weighted by Gasteiger charge is -2.08. The number of benzene rings is 1. The molecular weight excluding hydrogens is 238 g/mol. The highest BCUT2D eigenvalue weighted by molar-refractivity contribution is 7.91. The van der Waals surface area contributed by atoms with Gasteiger partial charge >= 0.3 is 0 Å². The zero-order chi connectivity index (χ0) is 11.5. The molecule has 0 saturated heterocycles. The summed E-state index contributed by atoms with van der Waals surface area (Å²) in [6, 6.07) is 4.55. The van der Waals surface area contributed by atoms with Crippen molar-refractivity contribution in [2.24, 2.45) is 0 Å². The Morgan fingerprint density at radius 2 is 2.07 bits per heavy atom. The molecule has 1 aromatic rings. The molecule has 84 valence electrons. The lowest BCUT2D eigenvalue weighted by Crippen LogP contribution is -2.11. The fraction of sp³-hybridized carbons (Fsp3) is 0.333. The van der Waals surface area contributed by atoms with Crippen LogP contribution in [0.3, 0.4) is 0 Å². The van der Waals surface area contributed by atoms with Gasteiger partial charge in [-0.2, -0.15) is 0 Å². The Bertz CT molecular complexity index is 424. The van der Waals surface area contributed by atoms with Crippen molar-refractivity contribution in [1.82, 2.24) is 0 Å². The monoisotopic (exact) mass is 249 g/mol. The molecule has 0 amide bonds. The minimum Gasteiger partial charge on any atom is -0.398 e. The number of anilines is 1. The third-order valence-corrected chi connectivity index (χ3v) is 4.21. The zero-order valence-electron chi connectivity index (χ0n) is 7.98. The molecule has 15 heavy (non-hydrogen) atoms. The minimum atomic E-state index is -3.50. The van der Waals surface area contributed by atoms with E-state index in [1.807, 2.05) is 0 Å². The Balaban J connectivity index is 3.15. The number of aliphatic hydroxyl groups is 1. The Kier molecular flexibility index (Phi) is 3.96. The molecule has 0 aliphatic heterocycles. The van der Waals surface area contributed by atoms with Gasteiger partial charge in [0.1, 0.15) is 4.90 Å². The SMILES string of the molecule is Nc1cccc(Cl)c1S(=O)(=O)CCCO. The average Bonchev–Trinajstić information content (AvgIpc) is 2.14. The summed E-state index contributed by atoms with van der Waals surface area (Å²) in [7, 11) is -3.50.